The first-order valence-corrected chi connectivity index (χ1v) is 9.63. The Morgan fingerprint density at radius 3 is 2.40 bits per heavy atom. The van der Waals surface area contributed by atoms with E-state index in [1.165, 1.54) is 7.11 Å². The second-order valence-corrected chi connectivity index (χ2v) is 7.44. The second kappa shape index (κ2) is 8.73. The summed E-state index contributed by atoms with van der Waals surface area (Å²) in [6, 6.07) is 12.6. The summed E-state index contributed by atoms with van der Waals surface area (Å²) in [6.07, 6.45) is -7.12. The zero-order valence-electron chi connectivity index (χ0n) is 16.6. The fraction of sp³-hybridized carbons (Fsp3) is 0.381. The Balaban J connectivity index is 1.89. The molecule has 1 fully saturated rings. The van der Waals surface area contributed by atoms with E-state index in [4.69, 9.17) is 25.8 Å². The minimum absolute atomic E-state index is 0.149. The number of rotatable bonds is 6. The smallest absolute Gasteiger partial charge is 0.490 e. The number of hydrogen-bond acceptors (Lipinski definition) is 5. The predicted molar refractivity (Wildman–Crippen MR) is 106 cm³/mol. The first-order chi connectivity index (χ1) is 14.1. The van der Waals surface area contributed by atoms with Crippen molar-refractivity contribution in [1.82, 2.24) is 4.90 Å². The highest BCUT2D eigenvalue weighted by molar-refractivity contribution is 6.35. The number of ether oxygens (including phenoxy) is 3. The largest absolute Gasteiger partial charge is 0.493 e. The molecular weight excluding hydrogens is 423 g/mol. The fourth-order valence-corrected chi connectivity index (χ4v) is 3.51. The van der Waals surface area contributed by atoms with Crippen LogP contribution in [0, 0.1) is 0 Å². The molecule has 0 spiro atoms. The van der Waals surface area contributed by atoms with E-state index in [-0.39, 0.29) is 23.4 Å². The van der Waals surface area contributed by atoms with Gasteiger partial charge in [0.15, 0.2) is 23.8 Å². The van der Waals surface area contributed by atoms with Crippen LogP contribution >= 0.6 is 11.6 Å². The third kappa shape index (κ3) is 4.49. The Morgan fingerprint density at radius 2 is 1.83 bits per heavy atom. The van der Waals surface area contributed by atoms with Crippen molar-refractivity contribution in [3.63, 3.8) is 0 Å². The Bertz CT molecular complexity index is 905. The fourth-order valence-electron chi connectivity index (χ4n) is 3.20. The lowest BCUT2D eigenvalue weighted by Crippen LogP contribution is -2.66. The van der Waals surface area contributed by atoms with E-state index in [9.17, 15) is 18.0 Å². The molecule has 0 saturated carbocycles. The van der Waals surface area contributed by atoms with Gasteiger partial charge in [-0.2, -0.15) is 13.2 Å². The Morgan fingerprint density at radius 1 is 1.17 bits per heavy atom. The molecule has 1 heterocycles. The summed E-state index contributed by atoms with van der Waals surface area (Å²) in [6.45, 7) is 3.84. The molecule has 0 amide bonds. The summed E-state index contributed by atoms with van der Waals surface area (Å²) in [5, 5.41) is 0.254. The Kier molecular flexibility index (Phi) is 6.47. The molecule has 9 heteroatoms. The van der Waals surface area contributed by atoms with E-state index in [2.05, 4.69) is 0 Å². The minimum Gasteiger partial charge on any atom is -0.493 e. The number of nitrogens with zero attached hydrogens (tertiary/aromatic N) is 1. The van der Waals surface area contributed by atoms with Gasteiger partial charge in [0.2, 0.25) is 0 Å². The van der Waals surface area contributed by atoms with E-state index in [0.29, 0.717) is 11.3 Å². The van der Waals surface area contributed by atoms with E-state index in [1.807, 2.05) is 30.3 Å². The molecule has 1 aliphatic heterocycles. The SMILES string of the molecule is COc1ccc(-c2ccccc2)c(Cl)c1OC1CN(C(C)C)C1OC(=O)C(F)(F)F. The van der Waals surface area contributed by atoms with Crippen LogP contribution < -0.4 is 9.47 Å². The number of carbonyl (C=O) groups is 1. The summed E-state index contributed by atoms with van der Waals surface area (Å²) >= 11 is 6.57. The number of halogens is 4. The van der Waals surface area contributed by atoms with Gasteiger partial charge in [-0.15, -0.1) is 0 Å². The normalized spacial score (nSPS) is 19.3. The number of benzene rings is 2. The molecule has 3 rings (SSSR count). The number of methoxy groups -OCH3 is 1. The maximum atomic E-state index is 12.7. The van der Waals surface area contributed by atoms with Crippen LogP contribution in [0.3, 0.4) is 0 Å². The average Bonchev–Trinajstić information content (AvgIpc) is 2.69. The number of hydrogen-bond donors (Lipinski definition) is 0. The van der Waals surface area contributed by atoms with Crippen LogP contribution in [0.2, 0.25) is 5.02 Å². The molecule has 1 aliphatic rings. The van der Waals surface area contributed by atoms with Gasteiger partial charge in [-0.25, -0.2) is 4.79 Å². The van der Waals surface area contributed by atoms with E-state index in [1.54, 1.807) is 30.9 Å². The van der Waals surface area contributed by atoms with Crippen molar-refractivity contribution in [3.8, 4) is 22.6 Å². The molecule has 0 N–H and O–H groups in total. The summed E-state index contributed by atoms with van der Waals surface area (Å²) in [4.78, 5) is 13.0. The van der Waals surface area contributed by atoms with E-state index in [0.717, 1.165) is 5.56 Å². The second-order valence-electron chi connectivity index (χ2n) is 7.06. The Hall–Kier alpha value is -2.45. The molecule has 0 bridgehead atoms. The van der Waals surface area contributed by atoms with Crippen molar-refractivity contribution in [2.45, 2.75) is 38.4 Å². The number of likely N-dealkylation sites (tertiary alicyclic amines) is 1. The third-order valence-electron chi connectivity index (χ3n) is 4.79. The van der Waals surface area contributed by atoms with Gasteiger partial charge < -0.3 is 14.2 Å². The highest BCUT2D eigenvalue weighted by atomic mass is 35.5. The van der Waals surface area contributed by atoms with Crippen LogP contribution in [-0.4, -0.2) is 49.1 Å². The van der Waals surface area contributed by atoms with E-state index < -0.39 is 24.5 Å². The first kappa shape index (κ1) is 22.2. The van der Waals surface area contributed by atoms with Crippen LogP contribution in [0.1, 0.15) is 13.8 Å². The van der Waals surface area contributed by atoms with Crippen LogP contribution in [0.25, 0.3) is 11.1 Å². The lowest BCUT2D eigenvalue weighted by atomic mass is 10.0. The van der Waals surface area contributed by atoms with E-state index >= 15 is 0 Å². The molecule has 0 aliphatic carbocycles. The van der Waals surface area contributed by atoms with Crippen molar-refractivity contribution in [1.29, 1.82) is 0 Å². The summed E-state index contributed by atoms with van der Waals surface area (Å²) in [7, 11) is 1.43. The zero-order valence-corrected chi connectivity index (χ0v) is 17.3. The standard InChI is InChI=1S/C21H21ClF3NO4/c1-12(2)26-11-16(19(26)30-20(27)21(23,24)25)29-18-15(28-3)10-9-14(17(18)22)13-7-5-4-6-8-13/h4-10,12,16,19H,11H2,1-3H3. The molecule has 2 unspecified atom stereocenters. The summed E-state index contributed by atoms with van der Waals surface area (Å²) in [5.41, 5.74) is 1.52. The molecule has 0 aromatic heterocycles. The van der Waals surface area contributed by atoms with Crippen molar-refractivity contribution in [2.24, 2.45) is 0 Å². The van der Waals surface area contributed by atoms with Gasteiger partial charge in [-0.3, -0.25) is 4.90 Å². The molecule has 2 aromatic rings. The molecule has 0 radical (unpaired) electrons. The van der Waals surface area contributed by atoms with Crippen molar-refractivity contribution < 1.29 is 32.2 Å². The third-order valence-corrected chi connectivity index (χ3v) is 5.17. The van der Waals surface area contributed by atoms with Crippen LogP contribution in [0.4, 0.5) is 13.2 Å². The molecule has 5 nitrogen and oxygen atoms in total. The lowest BCUT2D eigenvalue weighted by Gasteiger charge is -2.48. The maximum Gasteiger partial charge on any atom is 0.490 e. The minimum atomic E-state index is -5.09. The quantitative estimate of drug-likeness (QED) is 0.593. The lowest BCUT2D eigenvalue weighted by molar-refractivity contribution is -0.242. The number of esters is 1. The Labute approximate surface area is 177 Å². The molecule has 30 heavy (non-hydrogen) atoms. The summed E-state index contributed by atoms with van der Waals surface area (Å²) < 4.78 is 54.0. The maximum absolute atomic E-state index is 12.7. The monoisotopic (exact) mass is 443 g/mol. The number of alkyl halides is 3. The van der Waals surface area contributed by atoms with Gasteiger partial charge in [-0.05, 0) is 31.5 Å². The number of carbonyl (C=O) groups excluding carboxylic acids is 1. The molecule has 2 atom stereocenters. The highest BCUT2D eigenvalue weighted by Crippen LogP contribution is 2.44. The van der Waals surface area contributed by atoms with Gasteiger partial charge >= 0.3 is 12.1 Å². The van der Waals surface area contributed by atoms with Crippen LogP contribution in [0.15, 0.2) is 42.5 Å². The van der Waals surface area contributed by atoms with Crippen molar-refractivity contribution in [3.05, 3.63) is 47.5 Å². The molecule has 1 saturated heterocycles. The molecular formula is C21H21ClF3NO4. The van der Waals surface area contributed by atoms with Gasteiger partial charge in [-0.1, -0.05) is 41.9 Å². The topological polar surface area (TPSA) is 48.0 Å². The predicted octanol–water partition coefficient (Wildman–Crippen LogP) is 4.92. The van der Waals surface area contributed by atoms with Crippen LogP contribution in [-0.2, 0) is 9.53 Å². The van der Waals surface area contributed by atoms with Gasteiger partial charge in [0.25, 0.3) is 0 Å². The van der Waals surface area contributed by atoms with Gasteiger partial charge in [0.1, 0.15) is 0 Å². The van der Waals surface area contributed by atoms with Gasteiger partial charge in [0.05, 0.1) is 12.1 Å². The van der Waals surface area contributed by atoms with Crippen molar-refractivity contribution in [2.75, 3.05) is 13.7 Å². The average molecular weight is 444 g/mol. The van der Waals surface area contributed by atoms with Crippen molar-refractivity contribution >= 4 is 17.6 Å². The van der Waals surface area contributed by atoms with Crippen LogP contribution in [0.5, 0.6) is 11.5 Å². The molecule has 162 valence electrons. The zero-order chi connectivity index (χ0) is 22.1. The van der Waals surface area contributed by atoms with Gasteiger partial charge in [0, 0.05) is 18.2 Å². The molecule has 2 aromatic carbocycles. The first-order valence-electron chi connectivity index (χ1n) is 9.25. The summed E-state index contributed by atoms with van der Waals surface area (Å²) in [5.74, 6) is -1.76. The highest BCUT2D eigenvalue weighted by Gasteiger charge is 2.50.